The second kappa shape index (κ2) is 7.70. The molecule has 2 N–H and O–H groups in total. The highest BCUT2D eigenvalue weighted by Crippen LogP contribution is 2.17. The highest BCUT2D eigenvalue weighted by Gasteiger charge is 2.06. The third-order valence-electron chi connectivity index (χ3n) is 3.37. The summed E-state index contributed by atoms with van der Waals surface area (Å²) in [5.74, 6) is 1.01. The molecule has 0 aliphatic heterocycles. The van der Waals surface area contributed by atoms with Crippen molar-refractivity contribution < 1.29 is 0 Å². The van der Waals surface area contributed by atoms with Gasteiger partial charge in [0.15, 0.2) is 5.84 Å². The van der Waals surface area contributed by atoms with Crippen LogP contribution < -0.4 is 5.73 Å². The number of hydrogen-bond acceptors (Lipinski definition) is 1. The van der Waals surface area contributed by atoms with E-state index in [1.54, 1.807) is 0 Å². The van der Waals surface area contributed by atoms with Crippen LogP contribution in [0, 0.1) is 0 Å². The van der Waals surface area contributed by atoms with Crippen LogP contribution in [0.1, 0.15) is 11.1 Å². The Morgan fingerprint density at radius 3 is 2.04 bits per heavy atom. The van der Waals surface area contributed by atoms with E-state index in [0.717, 1.165) is 21.3 Å². The number of benzene rings is 3. The fraction of sp³-hybridized carbons (Fsp3) is 0. The first-order chi connectivity index (χ1) is 11.7. The van der Waals surface area contributed by atoms with Crippen LogP contribution >= 0.6 is 15.9 Å². The standard InChI is InChI=1S/C20H16BrN3/c21-17-11-7-10-16(14-17)20(23-18-12-5-2-6-13-18)24-19(22)15-8-3-1-4-9-15/h1-14H,(H2,22,23,24). The van der Waals surface area contributed by atoms with Crippen LogP contribution in [0.2, 0.25) is 0 Å². The van der Waals surface area contributed by atoms with Gasteiger partial charge in [0.05, 0.1) is 5.69 Å². The van der Waals surface area contributed by atoms with E-state index in [1.807, 2.05) is 84.9 Å². The summed E-state index contributed by atoms with van der Waals surface area (Å²) in [6, 6.07) is 27.3. The Hall–Kier alpha value is -2.72. The van der Waals surface area contributed by atoms with Crippen LogP contribution in [-0.2, 0) is 0 Å². The van der Waals surface area contributed by atoms with Crippen LogP contribution in [-0.4, -0.2) is 11.7 Å². The van der Waals surface area contributed by atoms with Crippen molar-refractivity contribution in [1.82, 2.24) is 0 Å². The summed E-state index contributed by atoms with van der Waals surface area (Å²) in [5.41, 5.74) is 8.78. The van der Waals surface area contributed by atoms with Crippen LogP contribution in [0.5, 0.6) is 0 Å². The number of nitrogens with zero attached hydrogens (tertiary/aromatic N) is 2. The first-order valence-corrected chi connectivity index (χ1v) is 8.31. The molecule has 0 atom stereocenters. The smallest absolute Gasteiger partial charge is 0.162 e. The van der Waals surface area contributed by atoms with Gasteiger partial charge in [-0.25, -0.2) is 9.98 Å². The Kier molecular flexibility index (Phi) is 5.18. The third kappa shape index (κ3) is 4.18. The van der Waals surface area contributed by atoms with Crippen molar-refractivity contribution in [3.63, 3.8) is 0 Å². The second-order valence-electron chi connectivity index (χ2n) is 5.14. The molecule has 0 aliphatic rings. The average molecular weight is 378 g/mol. The Bertz CT molecular complexity index is 872. The molecule has 3 rings (SSSR count). The van der Waals surface area contributed by atoms with E-state index in [2.05, 4.69) is 25.9 Å². The van der Waals surface area contributed by atoms with Gasteiger partial charge in [0, 0.05) is 15.6 Å². The highest BCUT2D eigenvalue weighted by atomic mass is 79.9. The minimum absolute atomic E-state index is 0.435. The van der Waals surface area contributed by atoms with Crippen molar-refractivity contribution in [3.8, 4) is 0 Å². The molecule has 0 aromatic heterocycles. The molecule has 0 heterocycles. The molecule has 0 saturated carbocycles. The number of nitrogens with two attached hydrogens (primary N) is 1. The van der Waals surface area contributed by atoms with E-state index >= 15 is 0 Å². The Balaban J connectivity index is 2.07. The van der Waals surface area contributed by atoms with Crippen LogP contribution in [0.3, 0.4) is 0 Å². The molecule has 0 amide bonds. The number of para-hydroxylation sites is 1. The summed E-state index contributed by atoms with van der Waals surface area (Å²) in [5, 5.41) is 0. The molecule has 4 heteroatoms. The third-order valence-corrected chi connectivity index (χ3v) is 3.86. The average Bonchev–Trinajstić information content (AvgIpc) is 2.63. The van der Waals surface area contributed by atoms with Gasteiger partial charge in [-0.2, -0.15) is 0 Å². The number of rotatable bonds is 3. The molecule has 3 aromatic carbocycles. The lowest BCUT2D eigenvalue weighted by atomic mass is 10.2. The largest absolute Gasteiger partial charge is 0.383 e. The maximum atomic E-state index is 6.18. The molecule has 118 valence electrons. The SMILES string of the molecule is NC(=NC(=Nc1ccccc1)c1cccc(Br)c1)c1ccccc1. The second-order valence-corrected chi connectivity index (χ2v) is 6.06. The van der Waals surface area contributed by atoms with Gasteiger partial charge in [0.25, 0.3) is 0 Å². The van der Waals surface area contributed by atoms with Gasteiger partial charge >= 0.3 is 0 Å². The van der Waals surface area contributed by atoms with Crippen molar-refractivity contribution >= 4 is 33.3 Å². The zero-order chi connectivity index (χ0) is 16.8. The molecule has 0 saturated heterocycles. The van der Waals surface area contributed by atoms with Gasteiger partial charge in [-0.3, -0.25) is 0 Å². The molecule has 24 heavy (non-hydrogen) atoms. The summed E-state index contributed by atoms with van der Waals surface area (Å²) in [7, 11) is 0. The van der Waals surface area contributed by atoms with Gasteiger partial charge in [0.1, 0.15) is 5.84 Å². The zero-order valence-electron chi connectivity index (χ0n) is 12.9. The summed E-state index contributed by atoms with van der Waals surface area (Å²) in [4.78, 5) is 9.24. The van der Waals surface area contributed by atoms with Crippen molar-refractivity contribution in [2.45, 2.75) is 0 Å². The van der Waals surface area contributed by atoms with Gasteiger partial charge in [-0.15, -0.1) is 0 Å². The Labute approximate surface area is 149 Å². The Morgan fingerprint density at radius 2 is 1.38 bits per heavy atom. The van der Waals surface area contributed by atoms with Crippen molar-refractivity contribution in [2.75, 3.05) is 0 Å². The van der Waals surface area contributed by atoms with Crippen LogP contribution in [0.15, 0.2) is 99.4 Å². The predicted molar refractivity (Wildman–Crippen MR) is 104 cm³/mol. The first kappa shape index (κ1) is 16.1. The van der Waals surface area contributed by atoms with E-state index in [9.17, 15) is 0 Å². The van der Waals surface area contributed by atoms with Crippen LogP contribution in [0.4, 0.5) is 5.69 Å². The summed E-state index contributed by atoms with van der Waals surface area (Å²) >= 11 is 3.49. The summed E-state index contributed by atoms with van der Waals surface area (Å²) in [6.07, 6.45) is 0. The monoisotopic (exact) mass is 377 g/mol. The predicted octanol–water partition coefficient (Wildman–Crippen LogP) is 4.93. The molecule has 0 radical (unpaired) electrons. The number of halogens is 1. The molecule has 0 spiro atoms. The molecule has 0 aliphatic carbocycles. The van der Waals surface area contributed by atoms with Gasteiger partial charge in [-0.05, 0) is 24.3 Å². The molecule has 3 aromatic rings. The molecule has 3 nitrogen and oxygen atoms in total. The van der Waals surface area contributed by atoms with E-state index in [1.165, 1.54) is 0 Å². The number of hydrogen-bond donors (Lipinski definition) is 1. The molecule has 0 bridgehead atoms. The summed E-state index contributed by atoms with van der Waals surface area (Å²) < 4.78 is 0.967. The van der Waals surface area contributed by atoms with Crippen molar-refractivity contribution in [1.29, 1.82) is 0 Å². The molecule has 0 unspecified atom stereocenters. The van der Waals surface area contributed by atoms with Crippen molar-refractivity contribution in [3.05, 3.63) is 101 Å². The fourth-order valence-corrected chi connectivity index (χ4v) is 2.59. The normalized spacial score (nSPS) is 12.2. The minimum atomic E-state index is 0.435. The Morgan fingerprint density at radius 1 is 0.750 bits per heavy atom. The lowest BCUT2D eigenvalue weighted by Gasteiger charge is -2.06. The maximum Gasteiger partial charge on any atom is 0.162 e. The lowest BCUT2D eigenvalue weighted by Crippen LogP contribution is -2.16. The van der Waals surface area contributed by atoms with E-state index in [4.69, 9.17) is 5.73 Å². The van der Waals surface area contributed by atoms with Gasteiger partial charge in [-0.1, -0.05) is 76.6 Å². The van der Waals surface area contributed by atoms with E-state index < -0.39 is 0 Å². The van der Waals surface area contributed by atoms with Crippen LogP contribution in [0.25, 0.3) is 0 Å². The molecule has 0 fully saturated rings. The van der Waals surface area contributed by atoms with Gasteiger partial charge < -0.3 is 5.73 Å². The fourth-order valence-electron chi connectivity index (χ4n) is 2.19. The highest BCUT2D eigenvalue weighted by molar-refractivity contribution is 9.10. The number of aliphatic imine (C=N–C) groups is 2. The lowest BCUT2D eigenvalue weighted by molar-refractivity contribution is 1.42. The topological polar surface area (TPSA) is 50.7 Å². The zero-order valence-corrected chi connectivity index (χ0v) is 14.5. The van der Waals surface area contributed by atoms with E-state index in [-0.39, 0.29) is 0 Å². The molecular weight excluding hydrogens is 362 g/mol. The quantitative estimate of drug-likeness (QED) is 0.510. The minimum Gasteiger partial charge on any atom is -0.383 e. The van der Waals surface area contributed by atoms with Gasteiger partial charge in [0.2, 0.25) is 0 Å². The van der Waals surface area contributed by atoms with Crippen molar-refractivity contribution in [2.24, 2.45) is 15.7 Å². The maximum absolute atomic E-state index is 6.18. The summed E-state index contributed by atoms with van der Waals surface area (Å²) in [6.45, 7) is 0. The number of amidine groups is 2. The first-order valence-electron chi connectivity index (χ1n) is 7.51. The molecular formula is C20H16BrN3. The van der Waals surface area contributed by atoms with E-state index in [0.29, 0.717) is 11.7 Å².